The summed E-state index contributed by atoms with van der Waals surface area (Å²) in [6, 6.07) is 9.73. The maximum atomic E-state index is 12.1. The summed E-state index contributed by atoms with van der Waals surface area (Å²) in [6.07, 6.45) is 1.74. The van der Waals surface area contributed by atoms with Crippen molar-refractivity contribution in [2.45, 2.75) is 13.8 Å². The third kappa shape index (κ3) is 3.80. The predicted molar refractivity (Wildman–Crippen MR) is 96.4 cm³/mol. The van der Waals surface area contributed by atoms with Crippen molar-refractivity contribution in [3.8, 4) is 10.6 Å². The topological polar surface area (TPSA) is 82.7 Å². The molecule has 3 heterocycles. The van der Waals surface area contributed by atoms with Crippen LogP contribution in [0.1, 0.15) is 20.9 Å². The van der Waals surface area contributed by atoms with Gasteiger partial charge in [-0.05, 0) is 43.7 Å². The third-order valence-electron chi connectivity index (χ3n) is 3.53. The highest BCUT2D eigenvalue weighted by Crippen LogP contribution is 2.26. The average Bonchev–Trinajstić information content (AvgIpc) is 3.21. The molecule has 3 N–H and O–H groups in total. The van der Waals surface area contributed by atoms with Gasteiger partial charge >= 0.3 is 0 Å². The van der Waals surface area contributed by atoms with Crippen LogP contribution in [0.4, 0.5) is 5.82 Å². The fraction of sp³-hybridized carbons (Fsp3) is 0.235. The molecule has 0 bridgehead atoms. The largest absolute Gasteiger partial charge is 0.368 e. The number of carbonyl (C=O) groups is 1. The quantitative estimate of drug-likeness (QED) is 0.602. The van der Waals surface area contributed by atoms with Gasteiger partial charge in [0.25, 0.3) is 5.91 Å². The summed E-state index contributed by atoms with van der Waals surface area (Å²) >= 11 is 1.67. The maximum absolute atomic E-state index is 12.1. The molecule has 0 unspecified atom stereocenters. The molecule has 0 aromatic carbocycles. The van der Waals surface area contributed by atoms with Crippen molar-refractivity contribution in [1.82, 2.24) is 20.5 Å². The van der Waals surface area contributed by atoms with Crippen LogP contribution in [0.25, 0.3) is 10.6 Å². The Hall–Kier alpha value is -2.67. The molecule has 0 atom stereocenters. The van der Waals surface area contributed by atoms with Crippen molar-refractivity contribution in [2.75, 3.05) is 18.4 Å². The molecule has 0 aliphatic carbocycles. The molecule has 6 nitrogen and oxygen atoms in total. The normalized spacial score (nSPS) is 10.6. The molecule has 124 valence electrons. The lowest BCUT2D eigenvalue weighted by molar-refractivity contribution is 0.0950. The van der Waals surface area contributed by atoms with Crippen LogP contribution in [0.3, 0.4) is 0 Å². The first-order valence-corrected chi connectivity index (χ1v) is 8.51. The molecule has 0 fully saturated rings. The summed E-state index contributed by atoms with van der Waals surface area (Å²) in [7, 11) is 0. The summed E-state index contributed by atoms with van der Waals surface area (Å²) in [4.78, 5) is 18.7. The van der Waals surface area contributed by atoms with E-state index in [0.717, 1.165) is 22.0 Å². The first kappa shape index (κ1) is 16.2. The van der Waals surface area contributed by atoms with E-state index in [0.29, 0.717) is 18.8 Å². The number of hydrogen-bond donors (Lipinski definition) is 3. The van der Waals surface area contributed by atoms with Gasteiger partial charge in [0.1, 0.15) is 5.82 Å². The van der Waals surface area contributed by atoms with Gasteiger partial charge < -0.3 is 10.6 Å². The number of pyridine rings is 1. The predicted octanol–water partition coefficient (Wildman–Crippen LogP) is 2.99. The van der Waals surface area contributed by atoms with Crippen LogP contribution in [0.15, 0.2) is 36.5 Å². The Morgan fingerprint density at radius 2 is 2.12 bits per heavy atom. The Morgan fingerprint density at radius 3 is 2.88 bits per heavy atom. The Kier molecular flexibility index (Phi) is 4.90. The van der Waals surface area contributed by atoms with Crippen molar-refractivity contribution in [3.63, 3.8) is 0 Å². The molecule has 1 amide bonds. The lowest BCUT2D eigenvalue weighted by Gasteiger charge is -2.08. The van der Waals surface area contributed by atoms with Crippen molar-refractivity contribution < 1.29 is 4.79 Å². The molecule has 3 aromatic heterocycles. The smallest absolute Gasteiger partial charge is 0.271 e. The second kappa shape index (κ2) is 7.27. The van der Waals surface area contributed by atoms with Gasteiger partial charge in [-0.25, -0.2) is 4.98 Å². The molecule has 0 saturated heterocycles. The van der Waals surface area contributed by atoms with Crippen LogP contribution in [0, 0.1) is 13.8 Å². The molecule has 0 radical (unpaired) electrons. The Labute approximate surface area is 144 Å². The third-order valence-corrected chi connectivity index (χ3v) is 4.56. The number of hydrogen-bond acceptors (Lipinski definition) is 5. The highest BCUT2D eigenvalue weighted by molar-refractivity contribution is 7.15. The van der Waals surface area contributed by atoms with Gasteiger partial charge in [-0.3, -0.25) is 9.89 Å². The Balaban J connectivity index is 1.51. The highest BCUT2D eigenvalue weighted by Gasteiger charge is 2.11. The van der Waals surface area contributed by atoms with Crippen LogP contribution < -0.4 is 10.6 Å². The number of rotatable bonds is 6. The van der Waals surface area contributed by atoms with Gasteiger partial charge in [-0.2, -0.15) is 5.10 Å². The van der Waals surface area contributed by atoms with Gasteiger partial charge in [-0.1, -0.05) is 6.07 Å². The number of nitrogens with zero attached hydrogens (tertiary/aromatic N) is 2. The van der Waals surface area contributed by atoms with Crippen LogP contribution >= 0.6 is 11.3 Å². The Morgan fingerprint density at radius 1 is 1.25 bits per heavy atom. The van der Waals surface area contributed by atoms with E-state index in [2.05, 4.69) is 32.7 Å². The van der Waals surface area contributed by atoms with Crippen molar-refractivity contribution in [1.29, 1.82) is 0 Å². The lowest BCUT2D eigenvalue weighted by Crippen LogP contribution is -2.29. The number of nitrogens with one attached hydrogen (secondary N) is 3. The second-order valence-electron chi connectivity index (χ2n) is 5.43. The first-order valence-electron chi connectivity index (χ1n) is 7.69. The molecular formula is C17H19N5OS. The van der Waals surface area contributed by atoms with Gasteiger partial charge in [0.15, 0.2) is 5.69 Å². The molecule has 3 aromatic rings. The van der Waals surface area contributed by atoms with Gasteiger partial charge in [-0.15, -0.1) is 11.3 Å². The van der Waals surface area contributed by atoms with Gasteiger partial charge in [0.2, 0.25) is 0 Å². The van der Waals surface area contributed by atoms with E-state index in [1.165, 1.54) is 4.88 Å². The lowest BCUT2D eigenvalue weighted by atomic mass is 10.3. The minimum Gasteiger partial charge on any atom is -0.368 e. The zero-order valence-corrected chi connectivity index (χ0v) is 14.4. The molecule has 7 heteroatoms. The van der Waals surface area contributed by atoms with Crippen LogP contribution in [-0.2, 0) is 0 Å². The van der Waals surface area contributed by atoms with E-state index in [4.69, 9.17) is 0 Å². The monoisotopic (exact) mass is 341 g/mol. The van der Waals surface area contributed by atoms with Gasteiger partial charge in [0, 0.05) is 24.2 Å². The number of H-pyrrole nitrogens is 1. The molecular weight excluding hydrogens is 322 g/mol. The van der Waals surface area contributed by atoms with Crippen molar-refractivity contribution >= 4 is 23.1 Å². The van der Waals surface area contributed by atoms with Crippen LogP contribution in [0.5, 0.6) is 0 Å². The van der Waals surface area contributed by atoms with E-state index in [9.17, 15) is 4.79 Å². The first-order chi connectivity index (χ1) is 11.6. The minimum absolute atomic E-state index is 0.190. The summed E-state index contributed by atoms with van der Waals surface area (Å²) in [6.45, 7) is 5.14. The standard InChI is InChI=1S/C17H19N5OS/c1-11-4-3-7-18-16(11)19-8-9-20-17(23)14-10-13(21-22-14)15-6-5-12(2)24-15/h3-7,10H,8-9H2,1-2H3,(H,18,19)(H,20,23)(H,21,22). The number of anilines is 1. The molecule has 0 aliphatic rings. The van der Waals surface area contributed by atoms with Crippen molar-refractivity contribution in [3.05, 3.63) is 52.7 Å². The average molecular weight is 341 g/mol. The van der Waals surface area contributed by atoms with Crippen molar-refractivity contribution in [2.24, 2.45) is 0 Å². The molecule has 0 spiro atoms. The van der Waals surface area contributed by atoms with Gasteiger partial charge in [0.05, 0.1) is 10.6 Å². The molecule has 0 aliphatic heterocycles. The zero-order valence-electron chi connectivity index (χ0n) is 13.6. The van der Waals surface area contributed by atoms with E-state index in [1.807, 2.05) is 31.2 Å². The number of thiophene rings is 1. The molecule has 24 heavy (non-hydrogen) atoms. The number of amides is 1. The summed E-state index contributed by atoms with van der Waals surface area (Å²) < 4.78 is 0. The summed E-state index contributed by atoms with van der Waals surface area (Å²) in [5.74, 6) is 0.646. The Bertz CT molecular complexity index is 839. The maximum Gasteiger partial charge on any atom is 0.271 e. The zero-order chi connectivity index (χ0) is 16.9. The minimum atomic E-state index is -0.190. The van der Waals surface area contributed by atoms with Crippen LogP contribution in [-0.4, -0.2) is 34.2 Å². The summed E-state index contributed by atoms with van der Waals surface area (Å²) in [5.41, 5.74) is 2.33. The van der Waals surface area contributed by atoms with E-state index in [1.54, 1.807) is 23.6 Å². The highest BCUT2D eigenvalue weighted by atomic mass is 32.1. The summed E-state index contributed by atoms with van der Waals surface area (Å²) in [5, 5.41) is 13.1. The molecule has 0 saturated carbocycles. The number of aromatic amines is 1. The van der Waals surface area contributed by atoms with E-state index in [-0.39, 0.29) is 5.91 Å². The fourth-order valence-corrected chi connectivity index (χ4v) is 3.10. The van der Waals surface area contributed by atoms with E-state index < -0.39 is 0 Å². The molecule has 3 rings (SSSR count). The van der Waals surface area contributed by atoms with Crippen LogP contribution in [0.2, 0.25) is 0 Å². The van der Waals surface area contributed by atoms with E-state index >= 15 is 0 Å². The number of aryl methyl sites for hydroxylation is 2. The second-order valence-corrected chi connectivity index (χ2v) is 6.72. The number of carbonyl (C=O) groups excluding carboxylic acids is 1. The number of aromatic nitrogens is 3. The SMILES string of the molecule is Cc1ccc(-c2cc(C(=O)NCCNc3ncccc3C)n[nH]2)s1. The fourth-order valence-electron chi connectivity index (χ4n) is 2.26.